The first-order chi connectivity index (χ1) is 12.6. The van der Waals surface area contributed by atoms with Crippen LogP contribution in [0.3, 0.4) is 0 Å². The number of hydrogen-bond acceptors (Lipinski definition) is 3. The maximum Gasteiger partial charge on any atom is 0.334 e. The van der Waals surface area contributed by atoms with Crippen LogP contribution >= 0.6 is 0 Å². The smallest absolute Gasteiger partial charge is 0.318 e. The van der Waals surface area contributed by atoms with Crippen LogP contribution in [0.1, 0.15) is 43.9 Å². The summed E-state index contributed by atoms with van der Waals surface area (Å²) in [4.78, 5) is 16.2. The van der Waals surface area contributed by atoms with Gasteiger partial charge < -0.3 is 4.84 Å². The van der Waals surface area contributed by atoms with Gasteiger partial charge in [-0.25, -0.2) is 9.18 Å². The van der Waals surface area contributed by atoms with Crippen molar-refractivity contribution < 1.29 is 14.0 Å². The van der Waals surface area contributed by atoms with E-state index in [2.05, 4.69) is 17.0 Å². The second kappa shape index (κ2) is 9.33. The summed E-state index contributed by atoms with van der Waals surface area (Å²) in [5.74, 6) is 5.14. The molecule has 2 rings (SSSR count). The molecule has 0 N–H and O–H groups in total. The van der Waals surface area contributed by atoms with E-state index >= 15 is 0 Å². The molecule has 0 atom stereocenters. The standard InChI is InChI=1S/C22H20FNO2/c1-4-19(16(3)24-26-22(25)5-2)20-12-8-6-10-17(20)14-15-18-11-7-9-13-21(18)23/h4,6-13H,5H2,1-3H3/b19-4-,24-16+. The molecule has 0 fully saturated rings. The third-order valence-electron chi connectivity index (χ3n) is 3.67. The molecule has 0 spiro atoms. The summed E-state index contributed by atoms with van der Waals surface area (Å²) in [5, 5.41) is 3.91. The van der Waals surface area contributed by atoms with Crippen LogP contribution in [0.15, 0.2) is 59.8 Å². The molecule has 26 heavy (non-hydrogen) atoms. The van der Waals surface area contributed by atoms with Crippen LogP contribution in [0.4, 0.5) is 4.39 Å². The molecule has 0 aromatic heterocycles. The molecule has 0 aliphatic carbocycles. The summed E-state index contributed by atoms with van der Waals surface area (Å²) in [6.07, 6.45) is 2.13. The van der Waals surface area contributed by atoms with E-state index in [1.807, 2.05) is 37.3 Å². The van der Waals surface area contributed by atoms with Crippen molar-refractivity contribution in [1.29, 1.82) is 0 Å². The molecule has 4 heteroatoms. The van der Waals surface area contributed by atoms with Gasteiger partial charge in [0.25, 0.3) is 0 Å². The summed E-state index contributed by atoms with van der Waals surface area (Å²) in [7, 11) is 0. The normalized spacial score (nSPS) is 11.5. The minimum absolute atomic E-state index is 0.257. The number of hydrogen-bond donors (Lipinski definition) is 0. The number of allylic oxidation sites excluding steroid dienone is 2. The average Bonchev–Trinajstić information content (AvgIpc) is 2.67. The second-order valence-electron chi connectivity index (χ2n) is 5.47. The fraction of sp³-hybridized carbons (Fsp3) is 0.182. The van der Waals surface area contributed by atoms with Crippen molar-refractivity contribution in [3.8, 4) is 11.8 Å². The van der Waals surface area contributed by atoms with Crippen molar-refractivity contribution in [2.75, 3.05) is 0 Å². The van der Waals surface area contributed by atoms with Gasteiger partial charge in [-0.15, -0.1) is 0 Å². The van der Waals surface area contributed by atoms with E-state index in [0.29, 0.717) is 11.3 Å². The largest absolute Gasteiger partial charge is 0.334 e. The van der Waals surface area contributed by atoms with Crippen molar-refractivity contribution in [2.45, 2.75) is 27.2 Å². The summed E-state index contributed by atoms with van der Waals surface area (Å²) in [6.45, 7) is 5.34. The molecular weight excluding hydrogens is 329 g/mol. The molecule has 0 aliphatic rings. The number of carbonyl (C=O) groups is 1. The first-order valence-electron chi connectivity index (χ1n) is 8.33. The molecular formula is C22H20FNO2. The van der Waals surface area contributed by atoms with E-state index in [1.165, 1.54) is 6.07 Å². The molecule has 3 nitrogen and oxygen atoms in total. The zero-order valence-corrected chi connectivity index (χ0v) is 15.0. The van der Waals surface area contributed by atoms with Crippen LogP contribution in [0.5, 0.6) is 0 Å². The Labute approximate surface area is 153 Å². The van der Waals surface area contributed by atoms with Crippen molar-refractivity contribution in [2.24, 2.45) is 5.16 Å². The van der Waals surface area contributed by atoms with Gasteiger partial charge in [0.05, 0.1) is 11.3 Å². The molecule has 0 radical (unpaired) electrons. The predicted molar refractivity (Wildman–Crippen MR) is 102 cm³/mol. The predicted octanol–water partition coefficient (Wildman–Crippen LogP) is 4.96. The number of nitrogens with zero attached hydrogens (tertiary/aromatic N) is 1. The van der Waals surface area contributed by atoms with Crippen LogP contribution in [-0.4, -0.2) is 11.7 Å². The molecule has 0 saturated carbocycles. The third kappa shape index (κ3) is 4.90. The molecule has 0 unspecified atom stereocenters. The van der Waals surface area contributed by atoms with Crippen molar-refractivity contribution in [3.05, 3.63) is 77.1 Å². The number of carbonyl (C=O) groups excluding carboxylic acids is 1. The maximum atomic E-state index is 13.8. The summed E-state index contributed by atoms with van der Waals surface area (Å²) in [6, 6.07) is 13.9. The van der Waals surface area contributed by atoms with Crippen LogP contribution in [0.2, 0.25) is 0 Å². The zero-order valence-electron chi connectivity index (χ0n) is 15.0. The monoisotopic (exact) mass is 349 g/mol. The lowest BCUT2D eigenvalue weighted by Crippen LogP contribution is -2.03. The maximum absolute atomic E-state index is 13.8. The lowest BCUT2D eigenvalue weighted by Gasteiger charge is -2.09. The van der Waals surface area contributed by atoms with Gasteiger partial charge in [-0.1, -0.05) is 60.3 Å². The van der Waals surface area contributed by atoms with E-state index < -0.39 is 5.97 Å². The number of halogens is 1. The molecule has 132 valence electrons. The van der Waals surface area contributed by atoms with Crippen LogP contribution in [0.25, 0.3) is 5.57 Å². The number of rotatable bonds is 4. The van der Waals surface area contributed by atoms with Crippen LogP contribution in [-0.2, 0) is 9.63 Å². The summed E-state index contributed by atoms with van der Waals surface area (Å²) in [5.41, 5.74) is 3.28. The Balaban J connectivity index is 2.39. The van der Waals surface area contributed by atoms with Gasteiger partial charge >= 0.3 is 5.97 Å². The Morgan fingerprint density at radius 1 is 1.12 bits per heavy atom. The van der Waals surface area contributed by atoms with E-state index in [9.17, 15) is 9.18 Å². The minimum atomic E-state index is -0.396. The minimum Gasteiger partial charge on any atom is -0.318 e. The molecule has 0 bridgehead atoms. The van der Waals surface area contributed by atoms with Gasteiger partial charge in [0.1, 0.15) is 5.82 Å². The van der Waals surface area contributed by atoms with Gasteiger partial charge in [0.2, 0.25) is 0 Å². The fourth-order valence-corrected chi connectivity index (χ4v) is 2.32. The van der Waals surface area contributed by atoms with E-state index in [-0.39, 0.29) is 12.2 Å². The Morgan fingerprint density at radius 2 is 1.73 bits per heavy atom. The van der Waals surface area contributed by atoms with Crippen molar-refractivity contribution >= 4 is 17.3 Å². The van der Waals surface area contributed by atoms with Gasteiger partial charge in [0.15, 0.2) is 0 Å². The first kappa shape index (κ1) is 19.1. The highest BCUT2D eigenvalue weighted by atomic mass is 19.1. The fourth-order valence-electron chi connectivity index (χ4n) is 2.32. The average molecular weight is 349 g/mol. The van der Waals surface area contributed by atoms with Gasteiger partial charge in [-0.3, -0.25) is 0 Å². The first-order valence-corrected chi connectivity index (χ1v) is 8.33. The van der Waals surface area contributed by atoms with Gasteiger partial charge in [-0.2, -0.15) is 0 Å². The Kier molecular flexibility index (Phi) is 6.87. The Bertz CT molecular complexity index is 917. The molecule has 0 saturated heterocycles. The van der Waals surface area contributed by atoms with Crippen molar-refractivity contribution in [3.63, 3.8) is 0 Å². The number of benzene rings is 2. The van der Waals surface area contributed by atoms with E-state index in [4.69, 9.17) is 4.84 Å². The quantitative estimate of drug-likeness (QED) is 0.339. The van der Waals surface area contributed by atoms with Gasteiger partial charge in [0, 0.05) is 17.6 Å². The molecule has 0 heterocycles. The lowest BCUT2D eigenvalue weighted by atomic mass is 9.96. The van der Waals surface area contributed by atoms with E-state index in [0.717, 1.165) is 16.7 Å². The van der Waals surface area contributed by atoms with Crippen LogP contribution in [0, 0.1) is 17.7 Å². The van der Waals surface area contributed by atoms with Crippen molar-refractivity contribution in [1.82, 2.24) is 0 Å². The molecule has 2 aromatic carbocycles. The van der Waals surface area contributed by atoms with Crippen LogP contribution < -0.4 is 0 Å². The molecule has 0 amide bonds. The molecule has 2 aromatic rings. The topological polar surface area (TPSA) is 38.7 Å². The highest BCUT2D eigenvalue weighted by molar-refractivity contribution is 6.23. The third-order valence-corrected chi connectivity index (χ3v) is 3.67. The summed E-state index contributed by atoms with van der Waals surface area (Å²) >= 11 is 0. The highest BCUT2D eigenvalue weighted by Crippen LogP contribution is 2.21. The SMILES string of the molecule is C/C=C(/C(C)=N/OC(=O)CC)c1ccccc1C#Cc1ccccc1F. The highest BCUT2D eigenvalue weighted by Gasteiger charge is 2.10. The van der Waals surface area contributed by atoms with E-state index in [1.54, 1.807) is 32.0 Å². The number of oxime groups is 1. The zero-order chi connectivity index (χ0) is 18.9. The second-order valence-corrected chi connectivity index (χ2v) is 5.47. The Morgan fingerprint density at radius 3 is 2.38 bits per heavy atom. The lowest BCUT2D eigenvalue weighted by molar-refractivity contribution is -0.143. The summed E-state index contributed by atoms with van der Waals surface area (Å²) < 4.78 is 13.8. The van der Waals surface area contributed by atoms with Gasteiger partial charge in [-0.05, 0) is 37.6 Å². The molecule has 0 aliphatic heterocycles. The Hall–Kier alpha value is -3.19.